The molecule has 3 fully saturated rings. The molecule has 0 radical (unpaired) electrons. The zero-order valence-electron chi connectivity index (χ0n) is 14.6. The Balaban J connectivity index is 1.26. The molecule has 2 amide bonds. The van der Waals surface area contributed by atoms with Crippen molar-refractivity contribution in [2.45, 2.75) is 63.2 Å². The topological polar surface area (TPSA) is 61.4 Å². The van der Waals surface area contributed by atoms with Crippen LogP contribution in [0.1, 0.15) is 44.1 Å². The fraction of sp³-hybridized carbons (Fsp3) is 0.600. The van der Waals surface area contributed by atoms with Crippen molar-refractivity contribution in [2.24, 2.45) is 5.92 Å². The summed E-state index contributed by atoms with van der Waals surface area (Å²) in [5.41, 5.74) is 1.13. The number of fused-ring (bicyclic) bond motifs is 2. The number of amides is 2. The molecule has 2 aliphatic heterocycles. The van der Waals surface area contributed by atoms with Gasteiger partial charge in [-0.05, 0) is 44.1 Å². The van der Waals surface area contributed by atoms with Crippen LogP contribution in [0.4, 0.5) is 0 Å². The minimum atomic E-state index is 0.0984. The standard InChI is InChI=1S/C20H27N3O2/c24-19(21-12-14-4-2-1-3-5-14)13-23-17-8-9-18(23)11-16(10-17)22-20(25)15-6-7-15/h1-5,15-18H,6-13H2,(H,21,24)(H,22,25)/t16?,17-,18+. The van der Waals surface area contributed by atoms with Crippen LogP contribution in [-0.2, 0) is 16.1 Å². The van der Waals surface area contributed by atoms with Crippen molar-refractivity contribution in [3.63, 3.8) is 0 Å². The lowest BCUT2D eigenvalue weighted by Gasteiger charge is -2.38. The Morgan fingerprint density at radius 3 is 2.32 bits per heavy atom. The number of piperidine rings is 1. The smallest absolute Gasteiger partial charge is 0.234 e. The highest BCUT2D eigenvalue weighted by Gasteiger charge is 2.42. The van der Waals surface area contributed by atoms with Gasteiger partial charge in [-0.15, -0.1) is 0 Å². The Morgan fingerprint density at radius 1 is 1.00 bits per heavy atom. The van der Waals surface area contributed by atoms with Crippen LogP contribution >= 0.6 is 0 Å². The van der Waals surface area contributed by atoms with E-state index in [0.29, 0.717) is 31.2 Å². The molecule has 0 aromatic heterocycles. The Hall–Kier alpha value is -1.88. The minimum absolute atomic E-state index is 0.0984. The molecule has 3 aliphatic rings. The van der Waals surface area contributed by atoms with E-state index >= 15 is 0 Å². The summed E-state index contributed by atoms with van der Waals surface area (Å²) in [4.78, 5) is 26.7. The Kier molecular flexibility index (Phi) is 4.75. The highest BCUT2D eigenvalue weighted by atomic mass is 16.2. The normalized spacial score (nSPS) is 28.6. The molecule has 5 nitrogen and oxygen atoms in total. The zero-order valence-corrected chi connectivity index (χ0v) is 14.6. The van der Waals surface area contributed by atoms with Crippen LogP contribution in [0.5, 0.6) is 0 Å². The molecule has 1 aromatic carbocycles. The molecular weight excluding hydrogens is 314 g/mol. The van der Waals surface area contributed by atoms with Gasteiger partial charge in [-0.1, -0.05) is 30.3 Å². The lowest BCUT2D eigenvalue weighted by atomic mass is 9.97. The summed E-state index contributed by atoms with van der Waals surface area (Å²) in [7, 11) is 0. The summed E-state index contributed by atoms with van der Waals surface area (Å²) in [5, 5.41) is 6.27. The van der Waals surface area contributed by atoms with Crippen molar-refractivity contribution < 1.29 is 9.59 Å². The lowest BCUT2D eigenvalue weighted by molar-refractivity contribution is -0.125. The maximum Gasteiger partial charge on any atom is 0.234 e. The van der Waals surface area contributed by atoms with Gasteiger partial charge < -0.3 is 10.6 Å². The SMILES string of the molecule is O=C(CN1[C@@H]2CC[C@H]1CC(NC(=O)C1CC1)C2)NCc1ccccc1. The second kappa shape index (κ2) is 7.16. The van der Waals surface area contributed by atoms with Crippen LogP contribution in [0.25, 0.3) is 0 Å². The van der Waals surface area contributed by atoms with Crippen molar-refractivity contribution in [1.82, 2.24) is 15.5 Å². The molecule has 3 atom stereocenters. The Labute approximate surface area is 149 Å². The third kappa shape index (κ3) is 4.03. The summed E-state index contributed by atoms with van der Waals surface area (Å²) in [6.45, 7) is 1.06. The van der Waals surface area contributed by atoms with E-state index < -0.39 is 0 Å². The van der Waals surface area contributed by atoms with Crippen LogP contribution in [0.2, 0.25) is 0 Å². The summed E-state index contributed by atoms with van der Waals surface area (Å²) >= 11 is 0. The molecule has 5 heteroatoms. The average Bonchev–Trinajstić information content (AvgIpc) is 3.43. The van der Waals surface area contributed by atoms with Gasteiger partial charge in [0, 0.05) is 30.6 Å². The first-order valence-corrected chi connectivity index (χ1v) is 9.56. The number of rotatable bonds is 6. The number of carbonyl (C=O) groups is 2. The summed E-state index contributed by atoms with van der Waals surface area (Å²) in [6, 6.07) is 11.2. The Morgan fingerprint density at radius 2 is 1.68 bits per heavy atom. The summed E-state index contributed by atoms with van der Waals surface area (Å²) < 4.78 is 0. The van der Waals surface area contributed by atoms with E-state index in [0.717, 1.165) is 44.1 Å². The number of carbonyl (C=O) groups excluding carboxylic acids is 2. The molecular formula is C20H27N3O2. The number of benzene rings is 1. The highest BCUT2D eigenvalue weighted by molar-refractivity contribution is 5.81. The van der Waals surface area contributed by atoms with E-state index in [-0.39, 0.29) is 17.7 Å². The van der Waals surface area contributed by atoms with Crippen LogP contribution < -0.4 is 10.6 Å². The zero-order chi connectivity index (χ0) is 17.2. The number of hydrogen-bond acceptors (Lipinski definition) is 3. The van der Waals surface area contributed by atoms with Gasteiger partial charge in [-0.25, -0.2) is 0 Å². The van der Waals surface area contributed by atoms with E-state index in [1.54, 1.807) is 0 Å². The molecule has 2 bridgehead atoms. The van der Waals surface area contributed by atoms with E-state index in [1.165, 1.54) is 0 Å². The maximum atomic E-state index is 12.3. The monoisotopic (exact) mass is 341 g/mol. The maximum absolute atomic E-state index is 12.3. The molecule has 1 aliphatic carbocycles. The van der Waals surface area contributed by atoms with Crippen molar-refractivity contribution in [1.29, 1.82) is 0 Å². The first-order valence-electron chi connectivity index (χ1n) is 9.56. The molecule has 4 rings (SSSR count). The molecule has 2 heterocycles. The second-order valence-corrected chi connectivity index (χ2v) is 7.77. The molecule has 134 valence electrons. The van der Waals surface area contributed by atoms with Crippen molar-refractivity contribution in [3.05, 3.63) is 35.9 Å². The molecule has 1 aromatic rings. The van der Waals surface area contributed by atoms with Gasteiger partial charge in [0.25, 0.3) is 0 Å². The number of nitrogens with one attached hydrogen (secondary N) is 2. The predicted octanol–water partition coefficient (Wildman–Crippen LogP) is 1.82. The van der Waals surface area contributed by atoms with Crippen molar-refractivity contribution >= 4 is 11.8 Å². The first kappa shape index (κ1) is 16.6. The van der Waals surface area contributed by atoms with E-state index in [9.17, 15) is 9.59 Å². The third-order valence-electron chi connectivity index (χ3n) is 5.84. The van der Waals surface area contributed by atoms with Crippen LogP contribution in [0, 0.1) is 5.92 Å². The Bertz CT molecular complexity index is 615. The van der Waals surface area contributed by atoms with Gasteiger partial charge in [0.1, 0.15) is 0 Å². The molecule has 2 N–H and O–H groups in total. The van der Waals surface area contributed by atoms with Crippen LogP contribution in [-0.4, -0.2) is 41.4 Å². The van der Waals surface area contributed by atoms with Gasteiger partial charge >= 0.3 is 0 Å². The minimum Gasteiger partial charge on any atom is -0.353 e. The molecule has 2 saturated heterocycles. The van der Waals surface area contributed by atoms with Gasteiger partial charge in [-0.3, -0.25) is 14.5 Å². The fourth-order valence-corrected chi connectivity index (χ4v) is 4.33. The molecule has 25 heavy (non-hydrogen) atoms. The van der Waals surface area contributed by atoms with Gasteiger partial charge in [0.05, 0.1) is 6.54 Å². The molecule has 1 saturated carbocycles. The van der Waals surface area contributed by atoms with Crippen LogP contribution in [0.15, 0.2) is 30.3 Å². The quantitative estimate of drug-likeness (QED) is 0.830. The third-order valence-corrected chi connectivity index (χ3v) is 5.84. The fourth-order valence-electron chi connectivity index (χ4n) is 4.33. The van der Waals surface area contributed by atoms with E-state index in [4.69, 9.17) is 0 Å². The molecule has 1 unspecified atom stereocenters. The van der Waals surface area contributed by atoms with Gasteiger partial charge in [0.15, 0.2) is 0 Å². The lowest BCUT2D eigenvalue weighted by Crippen LogP contribution is -2.53. The van der Waals surface area contributed by atoms with E-state index in [2.05, 4.69) is 15.5 Å². The van der Waals surface area contributed by atoms with Crippen molar-refractivity contribution in [3.8, 4) is 0 Å². The van der Waals surface area contributed by atoms with Gasteiger partial charge in [-0.2, -0.15) is 0 Å². The first-order chi connectivity index (χ1) is 12.2. The van der Waals surface area contributed by atoms with Crippen molar-refractivity contribution in [2.75, 3.05) is 6.54 Å². The predicted molar refractivity (Wildman–Crippen MR) is 95.7 cm³/mol. The number of nitrogens with zero attached hydrogens (tertiary/aromatic N) is 1. The highest BCUT2D eigenvalue weighted by Crippen LogP contribution is 2.36. The second-order valence-electron chi connectivity index (χ2n) is 7.77. The van der Waals surface area contributed by atoms with Gasteiger partial charge in [0.2, 0.25) is 11.8 Å². The van der Waals surface area contributed by atoms with E-state index in [1.807, 2.05) is 30.3 Å². The number of hydrogen-bond donors (Lipinski definition) is 2. The summed E-state index contributed by atoms with van der Waals surface area (Å²) in [5.74, 6) is 0.624. The molecule has 0 spiro atoms. The average molecular weight is 341 g/mol. The van der Waals surface area contributed by atoms with Crippen LogP contribution in [0.3, 0.4) is 0 Å². The summed E-state index contributed by atoms with van der Waals surface area (Å²) in [6.07, 6.45) is 6.37. The largest absolute Gasteiger partial charge is 0.353 e.